The molecule has 0 aliphatic carbocycles. The van der Waals surface area contributed by atoms with Gasteiger partial charge in [0, 0.05) is 0 Å². The molecule has 1 aromatic carbocycles. The van der Waals surface area contributed by atoms with Crippen molar-refractivity contribution in [3.8, 4) is 0 Å². The van der Waals surface area contributed by atoms with E-state index in [9.17, 15) is 4.79 Å². The minimum absolute atomic E-state index is 0.407. The van der Waals surface area contributed by atoms with Gasteiger partial charge in [-0.25, -0.2) is 0 Å². The molecule has 0 aliphatic heterocycles. The van der Waals surface area contributed by atoms with Crippen LogP contribution in [0.25, 0.3) is 11.0 Å². The zero-order chi connectivity index (χ0) is 12.8. The molecular weight excluding hydrogens is 234 g/mol. The summed E-state index contributed by atoms with van der Waals surface area (Å²) in [6, 6.07) is 5.93. The molecular formula is C12H15N3OS. The highest BCUT2D eigenvalue weighted by Gasteiger charge is 2.29. The molecule has 0 bridgehead atoms. The third-order valence-electron chi connectivity index (χ3n) is 3.00. The van der Waals surface area contributed by atoms with Crippen molar-refractivity contribution in [2.75, 3.05) is 0 Å². The lowest BCUT2D eigenvalue weighted by molar-refractivity contribution is -0.124. The van der Waals surface area contributed by atoms with Crippen LogP contribution in [0.1, 0.15) is 19.4 Å². The molecule has 1 aromatic heterocycles. The second-order valence-corrected chi connectivity index (χ2v) is 5.10. The Labute approximate surface area is 104 Å². The second kappa shape index (κ2) is 3.70. The number of aryl methyl sites for hydroxylation is 1. The summed E-state index contributed by atoms with van der Waals surface area (Å²) in [5.74, 6) is -0.407. The number of nitrogens with one attached hydrogen (secondary N) is 1. The number of benzene rings is 1. The molecule has 0 spiro atoms. The van der Waals surface area contributed by atoms with Crippen LogP contribution in [-0.4, -0.2) is 15.5 Å². The van der Waals surface area contributed by atoms with E-state index in [0.29, 0.717) is 4.77 Å². The number of carbonyl (C=O) groups excluding carboxylic acids is 1. The minimum atomic E-state index is -0.843. The van der Waals surface area contributed by atoms with Gasteiger partial charge in [0.15, 0.2) is 4.77 Å². The van der Waals surface area contributed by atoms with Crippen LogP contribution in [0, 0.1) is 11.7 Å². The van der Waals surface area contributed by atoms with Gasteiger partial charge in [0.2, 0.25) is 5.91 Å². The Morgan fingerprint density at radius 1 is 1.47 bits per heavy atom. The molecule has 17 heavy (non-hydrogen) atoms. The van der Waals surface area contributed by atoms with Crippen LogP contribution in [0.4, 0.5) is 0 Å². The molecule has 0 fully saturated rings. The highest BCUT2D eigenvalue weighted by atomic mass is 32.1. The van der Waals surface area contributed by atoms with E-state index in [1.54, 1.807) is 18.4 Å². The van der Waals surface area contributed by atoms with Crippen LogP contribution in [0.5, 0.6) is 0 Å². The Hall–Kier alpha value is -1.62. The highest BCUT2D eigenvalue weighted by Crippen LogP contribution is 2.24. The van der Waals surface area contributed by atoms with Crippen LogP contribution in [-0.2, 0) is 10.3 Å². The number of hydrogen-bond donors (Lipinski definition) is 2. The van der Waals surface area contributed by atoms with Crippen molar-refractivity contribution < 1.29 is 4.79 Å². The van der Waals surface area contributed by atoms with Gasteiger partial charge in [-0.3, -0.25) is 4.79 Å². The fourth-order valence-corrected chi connectivity index (χ4v) is 2.33. The number of fused-ring (bicyclic) bond motifs is 1. The van der Waals surface area contributed by atoms with Gasteiger partial charge in [-0.2, -0.15) is 0 Å². The average molecular weight is 249 g/mol. The molecule has 0 aliphatic rings. The van der Waals surface area contributed by atoms with Crippen LogP contribution < -0.4 is 5.73 Å². The molecule has 0 saturated heterocycles. The Morgan fingerprint density at radius 2 is 2.12 bits per heavy atom. The number of aromatic amines is 1. The fraction of sp³-hybridized carbons (Fsp3) is 0.333. The van der Waals surface area contributed by atoms with Gasteiger partial charge in [-0.1, -0.05) is 6.07 Å². The van der Waals surface area contributed by atoms with Crippen molar-refractivity contribution in [1.82, 2.24) is 9.55 Å². The Balaban J connectivity index is 2.83. The maximum absolute atomic E-state index is 11.5. The van der Waals surface area contributed by atoms with E-state index in [4.69, 9.17) is 18.0 Å². The summed E-state index contributed by atoms with van der Waals surface area (Å²) in [7, 11) is 0. The van der Waals surface area contributed by atoms with E-state index in [1.807, 2.05) is 25.1 Å². The zero-order valence-electron chi connectivity index (χ0n) is 10.1. The maximum atomic E-state index is 11.5. The van der Waals surface area contributed by atoms with Gasteiger partial charge in [-0.15, -0.1) is 0 Å². The quantitative estimate of drug-likeness (QED) is 0.802. The van der Waals surface area contributed by atoms with E-state index >= 15 is 0 Å². The largest absolute Gasteiger partial charge is 0.368 e. The van der Waals surface area contributed by atoms with Gasteiger partial charge >= 0.3 is 0 Å². The summed E-state index contributed by atoms with van der Waals surface area (Å²) in [6.07, 6.45) is 0. The molecule has 0 saturated carbocycles. The van der Waals surface area contributed by atoms with E-state index < -0.39 is 11.4 Å². The highest BCUT2D eigenvalue weighted by molar-refractivity contribution is 7.71. The first-order valence-electron chi connectivity index (χ1n) is 5.36. The van der Waals surface area contributed by atoms with E-state index in [-0.39, 0.29) is 0 Å². The molecule has 1 amide bonds. The van der Waals surface area contributed by atoms with Crippen LogP contribution in [0.15, 0.2) is 18.2 Å². The van der Waals surface area contributed by atoms with Gasteiger partial charge in [-0.05, 0) is 50.7 Å². The normalized spacial score (nSPS) is 11.9. The van der Waals surface area contributed by atoms with Gasteiger partial charge < -0.3 is 15.3 Å². The van der Waals surface area contributed by atoms with E-state index in [0.717, 1.165) is 16.6 Å². The Bertz CT molecular complexity index is 651. The lowest BCUT2D eigenvalue weighted by Gasteiger charge is -2.23. The number of H-pyrrole nitrogens is 1. The number of primary amides is 1. The summed E-state index contributed by atoms with van der Waals surface area (Å²) in [5, 5.41) is 0. The van der Waals surface area contributed by atoms with Crippen molar-refractivity contribution in [1.29, 1.82) is 0 Å². The topological polar surface area (TPSA) is 63.8 Å². The van der Waals surface area contributed by atoms with Crippen LogP contribution in [0.3, 0.4) is 0 Å². The molecule has 0 atom stereocenters. The molecule has 2 aromatic rings. The smallest absolute Gasteiger partial charge is 0.243 e. The number of imidazole rings is 1. The first-order valence-corrected chi connectivity index (χ1v) is 5.76. The number of amides is 1. The monoisotopic (exact) mass is 249 g/mol. The third kappa shape index (κ3) is 1.76. The third-order valence-corrected chi connectivity index (χ3v) is 3.28. The fourth-order valence-electron chi connectivity index (χ4n) is 1.89. The number of hydrogen-bond acceptors (Lipinski definition) is 2. The number of nitrogens with zero attached hydrogens (tertiary/aromatic N) is 1. The molecule has 1 heterocycles. The summed E-state index contributed by atoms with van der Waals surface area (Å²) in [6.45, 7) is 5.53. The minimum Gasteiger partial charge on any atom is -0.368 e. The van der Waals surface area contributed by atoms with E-state index in [2.05, 4.69) is 4.98 Å². The SMILES string of the molecule is Cc1ccc2c(c1)[nH]c(=S)n2C(C)(C)C(N)=O. The summed E-state index contributed by atoms with van der Waals surface area (Å²) >= 11 is 5.26. The van der Waals surface area contributed by atoms with Crippen molar-refractivity contribution >= 4 is 29.2 Å². The molecule has 0 radical (unpaired) electrons. The number of carbonyl (C=O) groups is 1. The van der Waals surface area contributed by atoms with E-state index in [1.165, 1.54) is 0 Å². The Morgan fingerprint density at radius 3 is 2.71 bits per heavy atom. The number of nitrogens with two attached hydrogens (primary N) is 1. The first-order chi connectivity index (χ1) is 7.84. The van der Waals surface area contributed by atoms with Crippen molar-refractivity contribution in [2.45, 2.75) is 26.3 Å². The number of rotatable bonds is 2. The molecule has 3 N–H and O–H groups in total. The lowest BCUT2D eigenvalue weighted by atomic mass is 10.0. The first kappa shape index (κ1) is 11.9. The average Bonchev–Trinajstić information content (AvgIpc) is 2.53. The molecule has 90 valence electrons. The lowest BCUT2D eigenvalue weighted by Crippen LogP contribution is -2.41. The van der Waals surface area contributed by atoms with Crippen LogP contribution in [0.2, 0.25) is 0 Å². The predicted molar refractivity (Wildman–Crippen MR) is 70.4 cm³/mol. The predicted octanol–water partition coefficient (Wildman–Crippen LogP) is 2.23. The summed E-state index contributed by atoms with van der Waals surface area (Å²) < 4.78 is 2.27. The molecule has 5 heteroatoms. The summed E-state index contributed by atoms with van der Waals surface area (Å²) in [5.41, 5.74) is 7.54. The van der Waals surface area contributed by atoms with Crippen molar-refractivity contribution in [2.24, 2.45) is 5.73 Å². The molecule has 0 unspecified atom stereocenters. The van der Waals surface area contributed by atoms with Crippen molar-refractivity contribution in [3.63, 3.8) is 0 Å². The Kier molecular flexibility index (Phi) is 2.58. The zero-order valence-corrected chi connectivity index (χ0v) is 10.9. The standard InChI is InChI=1S/C12H15N3OS/c1-7-4-5-9-8(6-7)14-11(17)15(9)12(2,3)10(13)16/h4-6H,1-3H3,(H2,13,16)(H,14,17). The van der Waals surface area contributed by atoms with Crippen LogP contribution >= 0.6 is 12.2 Å². The molecule has 4 nitrogen and oxygen atoms in total. The maximum Gasteiger partial charge on any atom is 0.243 e. The second-order valence-electron chi connectivity index (χ2n) is 4.71. The number of aromatic nitrogens is 2. The van der Waals surface area contributed by atoms with Gasteiger partial charge in [0.25, 0.3) is 0 Å². The van der Waals surface area contributed by atoms with Gasteiger partial charge in [0.1, 0.15) is 5.54 Å². The van der Waals surface area contributed by atoms with Crippen molar-refractivity contribution in [3.05, 3.63) is 28.5 Å². The molecule has 2 rings (SSSR count). The van der Waals surface area contributed by atoms with Gasteiger partial charge in [0.05, 0.1) is 11.0 Å². The summed E-state index contributed by atoms with van der Waals surface area (Å²) in [4.78, 5) is 14.6.